The Labute approximate surface area is 295 Å². The fourth-order valence-electron chi connectivity index (χ4n) is 5.63. The van der Waals surface area contributed by atoms with E-state index < -0.39 is 92.7 Å². The Morgan fingerprint density at radius 3 is 1.84 bits per heavy atom. The number of carbonyl (C=O) groups excluding carboxylic acids is 2. The smallest absolute Gasteiger partial charge is 0.306 e. The maximum atomic E-state index is 12.6. The molecule has 0 aromatic rings. The molecule has 0 radical (unpaired) electrons. The fraction of sp³-hybridized carbons (Fsp3) is 0.886. The molecule has 15 nitrogen and oxygen atoms in total. The number of aliphatic hydroxyl groups is 7. The van der Waals surface area contributed by atoms with Gasteiger partial charge in [0.25, 0.3) is 0 Å². The highest BCUT2D eigenvalue weighted by atomic mass is 16.7. The van der Waals surface area contributed by atoms with Gasteiger partial charge in [-0.15, -0.1) is 0 Å². The van der Waals surface area contributed by atoms with Crippen LogP contribution in [0.1, 0.15) is 104 Å². The molecule has 292 valence electrons. The minimum atomic E-state index is -1.76. The van der Waals surface area contributed by atoms with E-state index >= 15 is 0 Å². The molecule has 0 unspecified atom stereocenters. The molecule has 2 rings (SSSR count). The summed E-state index contributed by atoms with van der Waals surface area (Å²) >= 11 is 0. The van der Waals surface area contributed by atoms with E-state index in [-0.39, 0.29) is 26.1 Å². The van der Waals surface area contributed by atoms with Crippen LogP contribution in [-0.4, -0.2) is 142 Å². The summed E-state index contributed by atoms with van der Waals surface area (Å²) in [5, 5.41) is 71.2. The van der Waals surface area contributed by atoms with Crippen molar-refractivity contribution < 1.29 is 73.8 Å². The average molecular weight is 723 g/mol. The number of hydrogen-bond donors (Lipinski definition) is 7. The summed E-state index contributed by atoms with van der Waals surface area (Å²) in [7, 11) is 0. The minimum absolute atomic E-state index is 0.160. The zero-order valence-corrected chi connectivity index (χ0v) is 29.6. The highest BCUT2D eigenvalue weighted by Gasteiger charge is 2.47. The molecule has 2 aliphatic rings. The third-order valence-electron chi connectivity index (χ3n) is 8.75. The molecule has 0 bridgehead atoms. The van der Waals surface area contributed by atoms with E-state index in [0.717, 1.165) is 64.2 Å². The van der Waals surface area contributed by atoms with Crippen LogP contribution < -0.4 is 0 Å². The van der Waals surface area contributed by atoms with Crippen molar-refractivity contribution in [3.05, 3.63) is 12.2 Å². The molecule has 2 heterocycles. The van der Waals surface area contributed by atoms with Gasteiger partial charge in [0.05, 0.1) is 19.8 Å². The summed E-state index contributed by atoms with van der Waals surface area (Å²) in [6, 6.07) is 0. The quantitative estimate of drug-likeness (QED) is 0.0398. The Balaban J connectivity index is 1.92. The van der Waals surface area contributed by atoms with E-state index in [9.17, 15) is 45.3 Å². The summed E-state index contributed by atoms with van der Waals surface area (Å²) in [5.41, 5.74) is 0. The molecule has 0 amide bonds. The van der Waals surface area contributed by atoms with Crippen LogP contribution >= 0.6 is 0 Å². The molecule has 2 saturated heterocycles. The lowest BCUT2D eigenvalue weighted by Gasteiger charge is -2.42. The van der Waals surface area contributed by atoms with Gasteiger partial charge in [0.15, 0.2) is 18.7 Å². The highest BCUT2D eigenvalue weighted by Crippen LogP contribution is 2.26. The largest absolute Gasteiger partial charge is 0.462 e. The first kappa shape index (κ1) is 44.4. The number of aliphatic hydroxyl groups excluding tert-OH is 7. The lowest BCUT2D eigenvalue weighted by atomic mass is 9.98. The SMILES string of the molecule is CC/C=C\CCCCCCCC(=O)OC[C@H](CO[C@@H]1O[C@H](CO[C@H]2O[C@H](CO)[C@H](O)[C@H](O)[C@H]2O)[C@H](O)[C@H](O)[C@H]1O)OC(=O)CCCCCCC. The maximum absolute atomic E-state index is 12.6. The predicted molar refractivity (Wildman–Crippen MR) is 178 cm³/mol. The van der Waals surface area contributed by atoms with Crippen LogP contribution in [0.25, 0.3) is 0 Å². The van der Waals surface area contributed by atoms with Gasteiger partial charge in [-0.1, -0.05) is 70.9 Å². The van der Waals surface area contributed by atoms with E-state index in [2.05, 4.69) is 26.0 Å². The molecule has 50 heavy (non-hydrogen) atoms. The van der Waals surface area contributed by atoms with Crippen molar-refractivity contribution in [3.8, 4) is 0 Å². The van der Waals surface area contributed by atoms with Gasteiger partial charge in [-0.2, -0.15) is 0 Å². The lowest BCUT2D eigenvalue weighted by molar-refractivity contribution is -0.332. The fourth-order valence-corrected chi connectivity index (χ4v) is 5.63. The summed E-state index contributed by atoms with van der Waals surface area (Å²) in [6.45, 7) is 2.30. The Kier molecular flexibility index (Phi) is 22.4. The van der Waals surface area contributed by atoms with Gasteiger partial charge in [-0.25, -0.2) is 0 Å². The zero-order valence-electron chi connectivity index (χ0n) is 29.6. The summed E-state index contributed by atoms with van der Waals surface area (Å²) in [4.78, 5) is 25.1. The molecule has 0 aromatic heterocycles. The number of allylic oxidation sites excluding steroid dienone is 2. The van der Waals surface area contributed by atoms with Gasteiger partial charge in [-0.05, 0) is 32.1 Å². The summed E-state index contributed by atoms with van der Waals surface area (Å²) < 4.78 is 33.0. The van der Waals surface area contributed by atoms with Crippen molar-refractivity contribution in [3.63, 3.8) is 0 Å². The molecule has 0 saturated carbocycles. The standard InChI is InChI=1S/C35H62O15/c1-3-5-7-9-10-11-12-14-15-17-26(37)45-20-23(48-27(38)18-16-13-8-6-4-2)21-46-34-33(44)31(42)29(40)25(50-34)22-47-35-32(43)30(41)28(39)24(19-36)49-35/h5,7,23-25,28-36,39-44H,3-4,6,8-22H2,1-2H3/b7-5-/t23-,24-,25-,28+,29+,30+,31+,32-,33-,34-,35+/m1/s1. The number of carbonyl (C=O) groups is 2. The lowest BCUT2D eigenvalue weighted by Crippen LogP contribution is -2.61. The van der Waals surface area contributed by atoms with Crippen molar-refractivity contribution in [1.82, 2.24) is 0 Å². The number of unbranched alkanes of at least 4 members (excludes halogenated alkanes) is 9. The number of rotatable bonds is 25. The van der Waals surface area contributed by atoms with Crippen molar-refractivity contribution >= 4 is 11.9 Å². The second kappa shape index (κ2) is 25.3. The molecule has 7 N–H and O–H groups in total. The number of esters is 2. The molecule has 2 fully saturated rings. The Bertz CT molecular complexity index is 949. The first-order valence-electron chi connectivity index (χ1n) is 18.3. The topological polar surface area (TPSA) is 231 Å². The molecule has 15 heteroatoms. The normalized spacial score (nSPS) is 30.7. The Morgan fingerprint density at radius 2 is 1.20 bits per heavy atom. The first-order chi connectivity index (χ1) is 24.0. The van der Waals surface area contributed by atoms with Crippen LogP contribution in [0, 0.1) is 0 Å². The first-order valence-corrected chi connectivity index (χ1v) is 18.3. The molecular formula is C35H62O15. The van der Waals surface area contributed by atoms with Crippen molar-refractivity contribution in [1.29, 1.82) is 0 Å². The van der Waals surface area contributed by atoms with E-state index in [4.69, 9.17) is 28.4 Å². The van der Waals surface area contributed by atoms with Gasteiger partial charge < -0.3 is 64.2 Å². The molecule has 0 aromatic carbocycles. The summed E-state index contributed by atoms with van der Waals surface area (Å²) in [6.07, 6.45) is -0.689. The van der Waals surface area contributed by atoms with Crippen LogP contribution in [0.4, 0.5) is 0 Å². The highest BCUT2D eigenvalue weighted by molar-refractivity contribution is 5.70. The van der Waals surface area contributed by atoms with E-state index in [1.807, 2.05) is 0 Å². The van der Waals surface area contributed by atoms with Gasteiger partial charge in [0.1, 0.15) is 55.4 Å². The predicted octanol–water partition coefficient (Wildman–Crippen LogP) is 1.14. The Hall–Kier alpha value is -1.76. The van der Waals surface area contributed by atoms with Gasteiger partial charge in [0, 0.05) is 12.8 Å². The number of ether oxygens (including phenoxy) is 6. The van der Waals surface area contributed by atoms with Crippen LogP contribution in [0.3, 0.4) is 0 Å². The molecular weight excluding hydrogens is 660 g/mol. The third kappa shape index (κ3) is 15.9. The van der Waals surface area contributed by atoms with Gasteiger partial charge >= 0.3 is 11.9 Å². The summed E-state index contributed by atoms with van der Waals surface area (Å²) in [5.74, 6) is -0.958. The maximum Gasteiger partial charge on any atom is 0.306 e. The van der Waals surface area contributed by atoms with Crippen LogP contribution in [0.5, 0.6) is 0 Å². The molecule has 11 atom stereocenters. The van der Waals surface area contributed by atoms with Crippen LogP contribution in [0.15, 0.2) is 12.2 Å². The zero-order chi connectivity index (χ0) is 36.9. The van der Waals surface area contributed by atoms with Crippen molar-refractivity contribution in [2.45, 2.75) is 171 Å². The van der Waals surface area contributed by atoms with Crippen LogP contribution in [-0.2, 0) is 38.0 Å². The minimum Gasteiger partial charge on any atom is -0.462 e. The van der Waals surface area contributed by atoms with E-state index in [0.29, 0.717) is 12.8 Å². The Morgan fingerprint density at radius 1 is 0.640 bits per heavy atom. The monoisotopic (exact) mass is 722 g/mol. The molecule has 0 aliphatic carbocycles. The van der Waals surface area contributed by atoms with E-state index in [1.54, 1.807) is 0 Å². The van der Waals surface area contributed by atoms with Crippen molar-refractivity contribution in [2.24, 2.45) is 0 Å². The van der Waals surface area contributed by atoms with Crippen molar-refractivity contribution in [2.75, 3.05) is 26.4 Å². The van der Waals surface area contributed by atoms with Crippen LogP contribution in [0.2, 0.25) is 0 Å². The third-order valence-corrected chi connectivity index (χ3v) is 8.75. The number of hydrogen-bond acceptors (Lipinski definition) is 15. The van der Waals surface area contributed by atoms with Gasteiger partial charge in [0.2, 0.25) is 0 Å². The molecule has 0 spiro atoms. The average Bonchev–Trinajstić information content (AvgIpc) is 3.10. The second-order valence-electron chi connectivity index (χ2n) is 13.0. The van der Waals surface area contributed by atoms with E-state index in [1.165, 1.54) is 0 Å². The molecule has 2 aliphatic heterocycles. The second-order valence-corrected chi connectivity index (χ2v) is 13.0. The van der Waals surface area contributed by atoms with Gasteiger partial charge in [-0.3, -0.25) is 9.59 Å².